The SMILES string of the molecule is CCOC(=O)c1sc(NN=Cc2ccc(C(=O)O)cc2)[nH+]c1C.[Cl-]. The number of hydrazone groups is 1. The molecule has 0 aliphatic carbocycles. The van der Waals surface area contributed by atoms with Crippen molar-refractivity contribution in [2.75, 3.05) is 12.0 Å². The summed E-state index contributed by atoms with van der Waals surface area (Å²) in [5.41, 5.74) is 4.47. The van der Waals surface area contributed by atoms with Crippen molar-refractivity contribution in [3.63, 3.8) is 0 Å². The summed E-state index contributed by atoms with van der Waals surface area (Å²) < 4.78 is 4.96. The lowest BCUT2D eigenvalue weighted by atomic mass is 10.1. The molecular formula is C15H16ClN3O4S. The number of aryl methyl sites for hydroxylation is 1. The number of halogens is 1. The number of nitrogens with zero attached hydrogens (tertiary/aromatic N) is 1. The highest BCUT2D eigenvalue weighted by molar-refractivity contribution is 7.17. The van der Waals surface area contributed by atoms with Crippen LogP contribution >= 0.6 is 11.3 Å². The van der Waals surface area contributed by atoms with Gasteiger partial charge in [-0.25, -0.2) is 14.6 Å². The maximum atomic E-state index is 11.7. The Morgan fingerprint density at radius 2 is 2.04 bits per heavy atom. The molecule has 2 aromatic rings. The van der Waals surface area contributed by atoms with E-state index in [9.17, 15) is 9.59 Å². The lowest BCUT2D eigenvalue weighted by molar-refractivity contribution is -0.364. The first-order chi connectivity index (χ1) is 11.0. The summed E-state index contributed by atoms with van der Waals surface area (Å²) in [4.78, 5) is 26.0. The number of esters is 1. The molecule has 2 rings (SSSR count). The Balaban J connectivity index is 0.00000288. The fourth-order valence-electron chi connectivity index (χ4n) is 1.75. The Kier molecular flexibility index (Phi) is 7.34. The molecule has 0 aliphatic heterocycles. The largest absolute Gasteiger partial charge is 1.00 e. The molecule has 0 saturated carbocycles. The average Bonchev–Trinajstić information content (AvgIpc) is 2.89. The highest BCUT2D eigenvalue weighted by Gasteiger charge is 2.19. The van der Waals surface area contributed by atoms with Gasteiger partial charge in [-0.15, -0.1) is 5.43 Å². The van der Waals surface area contributed by atoms with Gasteiger partial charge in [-0.3, -0.25) is 0 Å². The zero-order chi connectivity index (χ0) is 16.8. The number of carboxylic acid groups (broad SMARTS) is 1. The van der Waals surface area contributed by atoms with E-state index in [1.165, 1.54) is 23.5 Å². The quantitative estimate of drug-likeness (QED) is 0.394. The molecule has 9 heteroatoms. The second-order valence-electron chi connectivity index (χ2n) is 4.53. The topological polar surface area (TPSA) is 102 Å². The molecular weight excluding hydrogens is 354 g/mol. The first-order valence-electron chi connectivity index (χ1n) is 6.83. The lowest BCUT2D eigenvalue weighted by Gasteiger charge is -1.96. The predicted molar refractivity (Wildman–Crippen MR) is 86.2 cm³/mol. The first kappa shape index (κ1) is 19.6. The van der Waals surface area contributed by atoms with Crippen LogP contribution in [-0.4, -0.2) is 29.9 Å². The zero-order valence-corrected chi connectivity index (χ0v) is 14.6. The standard InChI is InChI=1S/C15H15N3O4S.ClH/c1-3-22-14(21)12-9(2)17-15(23-12)18-16-8-10-4-6-11(7-5-10)13(19)20;/h4-8H,3H2,1-2H3,(H,17,18)(H,19,20);1H. The van der Waals surface area contributed by atoms with Gasteiger partial charge in [0.05, 0.1) is 18.4 Å². The van der Waals surface area contributed by atoms with Crippen molar-refractivity contribution in [3.05, 3.63) is 46.0 Å². The summed E-state index contributed by atoms with van der Waals surface area (Å²) in [6, 6.07) is 6.32. The Labute approximate surface area is 148 Å². The fraction of sp³-hybridized carbons (Fsp3) is 0.200. The highest BCUT2D eigenvalue weighted by Crippen LogP contribution is 2.19. The molecule has 3 N–H and O–H groups in total. The van der Waals surface area contributed by atoms with Crippen LogP contribution in [0.4, 0.5) is 5.13 Å². The molecule has 1 aromatic heterocycles. The number of aromatic carboxylic acids is 1. The number of ether oxygens (including phenoxy) is 1. The number of anilines is 1. The third-order valence-corrected chi connectivity index (χ3v) is 3.92. The monoisotopic (exact) mass is 369 g/mol. The lowest BCUT2D eigenvalue weighted by Crippen LogP contribution is -3.00. The number of hydrogen-bond acceptors (Lipinski definition) is 6. The molecule has 1 aromatic carbocycles. The number of carbonyl (C=O) groups excluding carboxylic acids is 1. The zero-order valence-electron chi connectivity index (χ0n) is 13.0. The van der Waals surface area contributed by atoms with Crippen molar-refractivity contribution >= 4 is 34.6 Å². The number of H-pyrrole nitrogens is 1. The second kappa shape index (κ2) is 8.99. The van der Waals surface area contributed by atoms with Gasteiger partial charge in [0, 0.05) is 0 Å². The molecule has 0 spiro atoms. The van der Waals surface area contributed by atoms with Crippen LogP contribution < -0.4 is 22.8 Å². The van der Waals surface area contributed by atoms with Gasteiger partial charge in [0.25, 0.3) is 0 Å². The number of nitrogens with one attached hydrogen (secondary N) is 2. The number of thiazole rings is 1. The van der Waals surface area contributed by atoms with Gasteiger partial charge in [-0.2, -0.15) is 0 Å². The van der Waals surface area contributed by atoms with Crippen molar-refractivity contribution in [3.8, 4) is 0 Å². The van der Waals surface area contributed by atoms with Gasteiger partial charge >= 0.3 is 17.1 Å². The first-order valence-corrected chi connectivity index (χ1v) is 7.65. The van der Waals surface area contributed by atoms with Gasteiger partial charge in [-0.1, -0.05) is 17.2 Å². The molecule has 128 valence electrons. The maximum Gasteiger partial charge on any atom is 0.357 e. The number of hydrogen-bond donors (Lipinski definition) is 2. The number of rotatable bonds is 6. The van der Waals surface area contributed by atoms with Crippen molar-refractivity contribution < 1.29 is 36.8 Å². The molecule has 0 atom stereocenters. The molecule has 0 saturated heterocycles. The summed E-state index contributed by atoms with van der Waals surface area (Å²) >= 11 is 1.22. The van der Waals surface area contributed by atoms with Crippen LogP contribution in [-0.2, 0) is 4.74 Å². The van der Waals surface area contributed by atoms with Gasteiger partial charge in [0.2, 0.25) is 0 Å². The van der Waals surface area contributed by atoms with Crippen LogP contribution in [0.1, 0.15) is 38.2 Å². The van der Waals surface area contributed by atoms with E-state index in [1.54, 1.807) is 32.2 Å². The molecule has 0 unspecified atom stereocenters. The van der Waals surface area contributed by atoms with Crippen LogP contribution in [0, 0.1) is 6.92 Å². The predicted octanol–water partition coefficient (Wildman–Crippen LogP) is -0.804. The van der Waals surface area contributed by atoms with Gasteiger partial charge in [-0.05, 0) is 42.9 Å². The van der Waals surface area contributed by atoms with Crippen LogP contribution in [0.3, 0.4) is 0 Å². The minimum absolute atomic E-state index is 0. The molecule has 0 fully saturated rings. The van der Waals surface area contributed by atoms with E-state index >= 15 is 0 Å². The van der Waals surface area contributed by atoms with Crippen LogP contribution in [0.25, 0.3) is 0 Å². The third kappa shape index (κ3) is 5.04. The second-order valence-corrected chi connectivity index (χ2v) is 5.55. The van der Waals surface area contributed by atoms with E-state index in [0.717, 1.165) is 5.56 Å². The molecule has 0 amide bonds. The summed E-state index contributed by atoms with van der Waals surface area (Å²) in [5, 5.41) is 13.5. The minimum atomic E-state index is -0.971. The van der Waals surface area contributed by atoms with Gasteiger partial charge < -0.3 is 22.3 Å². The van der Waals surface area contributed by atoms with Crippen molar-refractivity contribution in [2.45, 2.75) is 13.8 Å². The number of carbonyl (C=O) groups is 2. The van der Waals surface area contributed by atoms with E-state index in [4.69, 9.17) is 9.84 Å². The Hall–Kier alpha value is -2.45. The third-order valence-electron chi connectivity index (χ3n) is 2.84. The van der Waals surface area contributed by atoms with Crippen molar-refractivity contribution in [2.24, 2.45) is 5.10 Å². The summed E-state index contributed by atoms with van der Waals surface area (Å²) in [6.07, 6.45) is 1.55. The highest BCUT2D eigenvalue weighted by atomic mass is 35.5. The number of aromatic nitrogens is 1. The van der Waals surface area contributed by atoms with Gasteiger partial charge in [0.15, 0.2) is 4.88 Å². The number of benzene rings is 1. The Morgan fingerprint density at radius 1 is 1.38 bits per heavy atom. The summed E-state index contributed by atoms with van der Waals surface area (Å²) in [6.45, 7) is 3.86. The Morgan fingerprint density at radius 3 is 2.62 bits per heavy atom. The van der Waals surface area contributed by atoms with E-state index in [0.29, 0.717) is 22.3 Å². The summed E-state index contributed by atoms with van der Waals surface area (Å²) in [7, 11) is 0. The average molecular weight is 370 g/mol. The maximum absolute atomic E-state index is 11.7. The fourth-order valence-corrected chi connectivity index (χ4v) is 2.60. The van der Waals surface area contributed by atoms with E-state index in [2.05, 4.69) is 15.5 Å². The molecule has 24 heavy (non-hydrogen) atoms. The molecule has 0 radical (unpaired) electrons. The van der Waals surface area contributed by atoms with Crippen LogP contribution in [0.5, 0.6) is 0 Å². The van der Waals surface area contributed by atoms with Crippen molar-refractivity contribution in [1.29, 1.82) is 0 Å². The molecule has 1 heterocycles. The normalized spacial score (nSPS) is 10.2. The van der Waals surface area contributed by atoms with Crippen molar-refractivity contribution in [1.82, 2.24) is 0 Å². The number of carboxylic acids is 1. The molecule has 0 aliphatic rings. The molecule has 7 nitrogen and oxygen atoms in total. The smallest absolute Gasteiger partial charge is 0.357 e. The Bertz CT molecular complexity index is 744. The summed E-state index contributed by atoms with van der Waals surface area (Å²) in [5.74, 6) is -1.34. The molecule has 0 bridgehead atoms. The van der Waals surface area contributed by atoms with Crippen LogP contribution in [0.2, 0.25) is 0 Å². The van der Waals surface area contributed by atoms with Crippen LogP contribution in [0.15, 0.2) is 29.4 Å². The van der Waals surface area contributed by atoms with E-state index in [1.807, 2.05) is 0 Å². The van der Waals surface area contributed by atoms with E-state index < -0.39 is 5.97 Å². The van der Waals surface area contributed by atoms with E-state index in [-0.39, 0.29) is 23.9 Å². The number of aromatic amines is 1. The van der Waals surface area contributed by atoms with Gasteiger partial charge in [0.1, 0.15) is 5.69 Å². The minimum Gasteiger partial charge on any atom is -1.00 e.